The zero-order valence-electron chi connectivity index (χ0n) is 21.9. The molecule has 2 aromatic heterocycles. The SMILES string of the molecule is COc1cc(N2CCC(O)CC2)ccc1Nc1cc(Nc2ccc(C(=O)NC(C)C)cc2)c2cc[nH]c2n1. The molecule has 0 aliphatic carbocycles. The molecule has 0 unspecified atom stereocenters. The van der Waals surface area contributed by atoms with Crippen LogP contribution in [0.1, 0.15) is 37.0 Å². The summed E-state index contributed by atoms with van der Waals surface area (Å²) in [6, 6.07) is 17.5. The summed E-state index contributed by atoms with van der Waals surface area (Å²) < 4.78 is 5.70. The van der Waals surface area contributed by atoms with Gasteiger partial charge in [0.05, 0.1) is 24.6 Å². The Morgan fingerprint density at radius 1 is 1.05 bits per heavy atom. The van der Waals surface area contributed by atoms with Crippen molar-refractivity contribution in [3.05, 3.63) is 66.4 Å². The molecule has 198 valence electrons. The first-order valence-corrected chi connectivity index (χ1v) is 12.9. The van der Waals surface area contributed by atoms with E-state index in [1.165, 1.54) is 0 Å². The standard InChI is InChI=1S/C29H34N6O3/c1-18(2)31-29(37)19-4-6-20(7-5-19)32-25-17-27(34-28-23(25)10-13-30-28)33-24-9-8-21(16-26(24)38-3)35-14-11-22(36)12-15-35/h4-10,13,16-18,22,36H,11-12,14-15H2,1-3H3,(H,31,37)(H3,30,32,33,34). The highest BCUT2D eigenvalue weighted by Crippen LogP contribution is 2.35. The Bertz CT molecular complexity index is 1410. The predicted molar refractivity (Wildman–Crippen MR) is 152 cm³/mol. The van der Waals surface area contributed by atoms with Gasteiger partial charge in [-0.3, -0.25) is 4.79 Å². The van der Waals surface area contributed by atoms with Gasteiger partial charge in [-0.1, -0.05) is 0 Å². The number of piperidine rings is 1. The zero-order valence-corrected chi connectivity index (χ0v) is 21.9. The first-order valence-electron chi connectivity index (χ1n) is 12.9. The number of H-pyrrole nitrogens is 1. The highest BCUT2D eigenvalue weighted by molar-refractivity contribution is 5.96. The third-order valence-corrected chi connectivity index (χ3v) is 6.65. The number of fused-ring (bicyclic) bond motifs is 1. The lowest BCUT2D eigenvalue weighted by Crippen LogP contribution is -2.35. The number of benzene rings is 2. The van der Waals surface area contributed by atoms with Crippen LogP contribution in [0, 0.1) is 0 Å². The van der Waals surface area contributed by atoms with E-state index in [-0.39, 0.29) is 18.1 Å². The van der Waals surface area contributed by atoms with E-state index in [0.717, 1.165) is 59.7 Å². The average molecular weight is 515 g/mol. The van der Waals surface area contributed by atoms with Crippen molar-refractivity contribution >= 4 is 45.5 Å². The van der Waals surface area contributed by atoms with Gasteiger partial charge in [-0.05, 0) is 69.2 Å². The van der Waals surface area contributed by atoms with Crippen LogP contribution in [-0.2, 0) is 0 Å². The Morgan fingerprint density at radius 3 is 2.53 bits per heavy atom. The van der Waals surface area contributed by atoms with Crippen molar-refractivity contribution in [3.63, 3.8) is 0 Å². The number of ether oxygens (including phenoxy) is 1. The second kappa shape index (κ2) is 11.0. The van der Waals surface area contributed by atoms with Gasteiger partial charge in [0.25, 0.3) is 5.91 Å². The molecule has 38 heavy (non-hydrogen) atoms. The van der Waals surface area contributed by atoms with Crippen molar-refractivity contribution in [1.82, 2.24) is 15.3 Å². The molecule has 5 N–H and O–H groups in total. The van der Waals surface area contributed by atoms with Crippen molar-refractivity contribution in [2.24, 2.45) is 0 Å². The molecule has 0 atom stereocenters. The first-order chi connectivity index (χ1) is 18.4. The van der Waals surface area contributed by atoms with Crippen molar-refractivity contribution in [2.45, 2.75) is 38.8 Å². The number of methoxy groups -OCH3 is 1. The maximum absolute atomic E-state index is 12.3. The third kappa shape index (κ3) is 5.68. The van der Waals surface area contributed by atoms with Crippen LogP contribution >= 0.6 is 0 Å². The third-order valence-electron chi connectivity index (χ3n) is 6.65. The molecule has 1 aliphatic heterocycles. The summed E-state index contributed by atoms with van der Waals surface area (Å²) in [5.74, 6) is 1.28. The second-order valence-corrected chi connectivity index (χ2v) is 9.85. The van der Waals surface area contributed by atoms with E-state index in [2.05, 4.69) is 31.9 Å². The summed E-state index contributed by atoms with van der Waals surface area (Å²) in [5, 5.41) is 20.6. The topological polar surface area (TPSA) is 115 Å². The number of aliphatic hydroxyl groups is 1. The maximum atomic E-state index is 12.3. The van der Waals surface area contributed by atoms with Crippen molar-refractivity contribution in [3.8, 4) is 5.75 Å². The van der Waals surface area contributed by atoms with Crippen molar-refractivity contribution in [2.75, 3.05) is 35.7 Å². The quantitative estimate of drug-likeness (QED) is 0.221. The molecule has 9 nitrogen and oxygen atoms in total. The molecule has 1 fully saturated rings. The van der Waals surface area contributed by atoms with Gasteiger partial charge >= 0.3 is 0 Å². The molecule has 4 aromatic rings. The Balaban J connectivity index is 1.37. The fourth-order valence-corrected chi connectivity index (χ4v) is 4.65. The Hall–Kier alpha value is -4.24. The van der Waals surface area contributed by atoms with Crippen LogP contribution in [0.3, 0.4) is 0 Å². The molecule has 1 saturated heterocycles. The normalized spacial score (nSPS) is 14.1. The van der Waals surface area contributed by atoms with Crippen LogP contribution in [0.2, 0.25) is 0 Å². The molecule has 9 heteroatoms. The number of pyridine rings is 1. The van der Waals surface area contributed by atoms with E-state index in [0.29, 0.717) is 17.1 Å². The lowest BCUT2D eigenvalue weighted by atomic mass is 10.1. The lowest BCUT2D eigenvalue weighted by molar-refractivity contribution is 0.0943. The van der Waals surface area contributed by atoms with Gasteiger partial charge in [-0.25, -0.2) is 4.98 Å². The number of aromatic amines is 1. The number of carbonyl (C=O) groups is 1. The Kier molecular flexibility index (Phi) is 7.37. The van der Waals surface area contributed by atoms with Gasteiger partial charge in [0.2, 0.25) is 0 Å². The lowest BCUT2D eigenvalue weighted by Gasteiger charge is -2.31. The Labute approximate surface area is 222 Å². The first kappa shape index (κ1) is 25.4. The molecule has 0 spiro atoms. The number of aromatic nitrogens is 2. The van der Waals surface area contributed by atoms with E-state index in [1.54, 1.807) is 7.11 Å². The second-order valence-electron chi connectivity index (χ2n) is 9.85. The monoisotopic (exact) mass is 514 g/mol. The summed E-state index contributed by atoms with van der Waals surface area (Å²) in [7, 11) is 1.66. The minimum Gasteiger partial charge on any atom is -0.494 e. The number of hydrogen-bond donors (Lipinski definition) is 5. The zero-order chi connectivity index (χ0) is 26.6. The van der Waals surface area contributed by atoms with Crippen LogP contribution in [0.15, 0.2) is 60.8 Å². The van der Waals surface area contributed by atoms with E-state index in [9.17, 15) is 9.90 Å². The molecular weight excluding hydrogens is 480 g/mol. The van der Waals surface area contributed by atoms with Gasteiger partial charge in [0.1, 0.15) is 17.2 Å². The predicted octanol–water partition coefficient (Wildman–Crippen LogP) is 5.16. The molecule has 0 radical (unpaired) electrons. The fraction of sp³-hybridized carbons (Fsp3) is 0.310. The van der Waals surface area contributed by atoms with Crippen LogP contribution in [-0.4, -0.2) is 53.3 Å². The summed E-state index contributed by atoms with van der Waals surface area (Å²) in [5.41, 5.74) is 4.97. The minimum absolute atomic E-state index is 0.0820. The molecule has 1 aliphatic rings. The minimum atomic E-state index is -0.215. The number of carbonyl (C=O) groups excluding carboxylic acids is 1. The van der Waals surface area contributed by atoms with Gasteiger partial charge in [0.15, 0.2) is 0 Å². The van der Waals surface area contributed by atoms with Gasteiger partial charge in [0, 0.05) is 59.8 Å². The Morgan fingerprint density at radius 2 is 1.82 bits per heavy atom. The number of nitrogens with one attached hydrogen (secondary N) is 4. The van der Waals surface area contributed by atoms with Crippen molar-refractivity contribution in [1.29, 1.82) is 0 Å². The molecule has 1 amide bonds. The molecule has 2 aromatic carbocycles. The van der Waals surface area contributed by atoms with E-state index in [4.69, 9.17) is 9.72 Å². The largest absolute Gasteiger partial charge is 0.494 e. The van der Waals surface area contributed by atoms with Crippen LogP contribution in [0.4, 0.5) is 28.6 Å². The number of rotatable bonds is 8. The van der Waals surface area contributed by atoms with Crippen molar-refractivity contribution < 1.29 is 14.6 Å². The summed E-state index contributed by atoms with van der Waals surface area (Å²) >= 11 is 0. The molecule has 5 rings (SSSR count). The number of amides is 1. The van der Waals surface area contributed by atoms with Crippen LogP contribution in [0.25, 0.3) is 11.0 Å². The number of nitrogens with zero attached hydrogens (tertiary/aromatic N) is 2. The fourth-order valence-electron chi connectivity index (χ4n) is 4.65. The average Bonchev–Trinajstić information content (AvgIpc) is 3.38. The maximum Gasteiger partial charge on any atom is 0.251 e. The summed E-state index contributed by atoms with van der Waals surface area (Å²) in [6.45, 7) is 5.52. The smallest absolute Gasteiger partial charge is 0.251 e. The van der Waals surface area contributed by atoms with Crippen LogP contribution < -0.4 is 25.6 Å². The molecule has 3 heterocycles. The molecule has 0 bridgehead atoms. The van der Waals surface area contributed by atoms with Gasteiger partial charge in [-0.2, -0.15) is 0 Å². The van der Waals surface area contributed by atoms with Gasteiger partial charge < -0.3 is 35.7 Å². The highest BCUT2D eigenvalue weighted by Gasteiger charge is 2.19. The van der Waals surface area contributed by atoms with E-state index in [1.807, 2.05) is 68.6 Å². The molecule has 0 saturated carbocycles. The highest BCUT2D eigenvalue weighted by atomic mass is 16.5. The molecular formula is C29H34N6O3. The summed E-state index contributed by atoms with van der Waals surface area (Å²) in [4.78, 5) is 22.5. The number of anilines is 5. The van der Waals surface area contributed by atoms with E-state index >= 15 is 0 Å². The number of hydrogen-bond acceptors (Lipinski definition) is 7. The van der Waals surface area contributed by atoms with Gasteiger partial charge in [-0.15, -0.1) is 0 Å². The summed E-state index contributed by atoms with van der Waals surface area (Å²) in [6.07, 6.45) is 3.18. The van der Waals surface area contributed by atoms with E-state index < -0.39 is 0 Å². The number of aliphatic hydroxyl groups excluding tert-OH is 1. The van der Waals surface area contributed by atoms with Crippen LogP contribution in [0.5, 0.6) is 5.75 Å².